The SMILES string of the molecule is CNC(=O)c1cnc(CC#N)s1. The second-order valence-electron chi connectivity index (χ2n) is 2.03. The van der Waals surface area contributed by atoms with Crippen molar-refractivity contribution in [3.05, 3.63) is 16.1 Å². The highest BCUT2D eigenvalue weighted by atomic mass is 32.1. The Morgan fingerprint density at radius 3 is 3.25 bits per heavy atom. The minimum Gasteiger partial charge on any atom is -0.354 e. The zero-order chi connectivity index (χ0) is 8.97. The Balaban J connectivity index is 2.78. The van der Waals surface area contributed by atoms with Gasteiger partial charge in [-0.3, -0.25) is 4.79 Å². The largest absolute Gasteiger partial charge is 0.354 e. The molecular formula is C7H7N3OS. The molecule has 1 aromatic heterocycles. The van der Waals surface area contributed by atoms with Gasteiger partial charge in [-0.2, -0.15) is 5.26 Å². The molecule has 0 saturated heterocycles. The fourth-order valence-corrected chi connectivity index (χ4v) is 1.48. The van der Waals surface area contributed by atoms with Gasteiger partial charge in [0.15, 0.2) is 0 Å². The summed E-state index contributed by atoms with van der Waals surface area (Å²) in [5.74, 6) is -0.156. The van der Waals surface area contributed by atoms with Crippen molar-refractivity contribution in [2.75, 3.05) is 7.05 Å². The first-order chi connectivity index (χ1) is 5.77. The molecule has 0 aliphatic rings. The fraction of sp³-hybridized carbons (Fsp3) is 0.286. The van der Waals surface area contributed by atoms with Crippen LogP contribution in [0.25, 0.3) is 0 Å². The summed E-state index contributed by atoms with van der Waals surface area (Å²) >= 11 is 1.24. The Labute approximate surface area is 73.9 Å². The Bertz CT molecular complexity index is 326. The molecule has 1 amide bonds. The Kier molecular flexibility index (Phi) is 2.77. The van der Waals surface area contributed by atoms with Crippen molar-refractivity contribution >= 4 is 17.2 Å². The molecule has 4 nitrogen and oxygen atoms in total. The fourth-order valence-electron chi connectivity index (χ4n) is 0.688. The molecule has 12 heavy (non-hydrogen) atoms. The van der Waals surface area contributed by atoms with E-state index in [4.69, 9.17) is 5.26 Å². The average molecular weight is 181 g/mol. The predicted molar refractivity (Wildman–Crippen MR) is 44.8 cm³/mol. The van der Waals surface area contributed by atoms with Crippen LogP contribution >= 0.6 is 11.3 Å². The van der Waals surface area contributed by atoms with Crippen LogP contribution in [-0.4, -0.2) is 17.9 Å². The first kappa shape index (κ1) is 8.68. The summed E-state index contributed by atoms with van der Waals surface area (Å²) in [7, 11) is 1.56. The van der Waals surface area contributed by atoms with Crippen LogP contribution in [0.5, 0.6) is 0 Å². The number of nitrogens with one attached hydrogen (secondary N) is 1. The number of hydrogen-bond acceptors (Lipinski definition) is 4. The highest BCUT2D eigenvalue weighted by Gasteiger charge is 2.07. The van der Waals surface area contributed by atoms with Crippen LogP contribution in [0.15, 0.2) is 6.20 Å². The van der Waals surface area contributed by atoms with E-state index in [2.05, 4.69) is 10.3 Å². The molecule has 1 heterocycles. The van der Waals surface area contributed by atoms with Crippen molar-refractivity contribution in [1.82, 2.24) is 10.3 Å². The number of nitriles is 1. The molecule has 0 bridgehead atoms. The number of thiazole rings is 1. The lowest BCUT2D eigenvalue weighted by atomic mass is 10.5. The van der Waals surface area contributed by atoms with Gasteiger partial charge in [0.05, 0.1) is 18.7 Å². The van der Waals surface area contributed by atoms with Crippen molar-refractivity contribution in [3.63, 3.8) is 0 Å². The summed E-state index contributed by atoms with van der Waals surface area (Å²) < 4.78 is 0. The van der Waals surface area contributed by atoms with E-state index in [1.54, 1.807) is 7.05 Å². The van der Waals surface area contributed by atoms with Gasteiger partial charge in [-0.1, -0.05) is 0 Å². The lowest BCUT2D eigenvalue weighted by Crippen LogP contribution is -2.16. The zero-order valence-corrected chi connectivity index (χ0v) is 7.31. The number of rotatable bonds is 2. The van der Waals surface area contributed by atoms with Gasteiger partial charge in [-0.15, -0.1) is 11.3 Å². The van der Waals surface area contributed by atoms with Crippen molar-refractivity contribution in [3.8, 4) is 6.07 Å². The summed E-state index contributed by atoms with van der Waals surface area (Å²) in [5, 5.41) is 11.5. The summed E-state index contributed by atoms with van der Waals surface area (Å²) in [6.45, 7) is 0. The van der Waals surface area contributed by atoms with Crippen molar-refractivity contribution in [1.29, 1.82) is 5.26 Å². The van der Waals surface area contributed by atoms with E-state index in [1.165, 1.54) is 17.5 Å². The standard InChI is InChI=1S/C7H7N3OS/c1-9-7(11)5-4-10-6(12-5)2-3-8/h4H,2H2,1H3,(H,9,11). The predicted octanol–water partition coefficient (Wildman–Crippen LogP) is 0.569. The molecule has 5 heteroatoms. The lowest BCUT2D eigenvalue weighted by molar-refractivity contribution is 0.0967. The van der Waals surface area contributed by atoms with E-state index >= 15 is 0 Å². The van der Waals surface area contributed by atoms with Gasteiger partial charge >= 0.3 is 0 Å². The van der Waals surface area contributed by atoms with E-state index < -0.39 is 0 Å². The third kappa shape index (κ3) is 1.80. The van der Waals surface area contributed by atoms with Crippen molar-refractivity contribution in [2.45, 2.75) is 6.42 Å². The van der Waals surface area contributed by atoms with Gasteiger partial charge in [0.25, 0.3) is 5.91 Å². The van der Waals surface area contributed by atoms with Gasteiger partial charge in [0.2, 0.25) is 0 Å². The molecule has 0 spiro atoms. The minimum atomic E-state index is -0.156. The number of nitrogens with zero attached hydrogens (tertiary/aromatic N) is 2. The van der Waals surface area contributed by atoms with Crippen molar-refractivity contribution < 1.29 is 4.79 Å². The normalized spacial score (nSPS) is 9.00. The quantitative estimate of drug-likeness (QED) is 0.725. The number of carbonyl (C=O) groups is 1. The van der Waals surface area contributed by atoms with Gasteiger partial charge in [-0.25, -0.2) is 4.98 Å². The van der Waals surface area contributed by atoms with Crippen LogP contribution in [0.4, 0.5) is 0 Å². The Morgan fingerprint density at radius 2 is 2.67 bits per heavy atom. The summed E-state index contributed by atoms with van der Waals surface area (Å²) in [5.41, 5.74) is 0. The topological polar surface area (TPSA) is 65.8 Å². The van der Waals surface area contributed by atoms with E-state index in [9.17, 15) is 4.79 Å². The first-order valence-electron chi connectivity index (χ1n) is 3.31. The van der Waals surface area contributed by atoms with Crippen LogP contribution in [-0.2, 0) is 6.42 Å². The smallest absolute Gasteiger partial charge is 0.262 e. The first-order valence-corrected chi connectivity index (χ1v) is 4.13. The number of aromatic nitrogens is 1. The molecule has 0 aliphatic carbocycles. The minimum absolute atomic E-state index is 0.156. The molecule has 0 atom stereocenters. The Hall–Kier alpha value is -1.41. The molecule has 0 unspecified atom stereocenters. The van der Waals surface area contributed by atoms with Gasteiger partial charge in [-0.05, 0) is 0 Å². The number of hydrogen-bond donors (Lipinski definition) is 1. The molecule has 1 N–H and O–H groups in total. The summed E-state index contributed by atoms with van der Waals surface area (Å²) in [6, 6.07) is 1.97. The van der Waals surface area contributed by atoms with E-state index in [0.29, 0.717) is 9.88 Å². The maximum atomic E-state index is 11.0. The summed E-state index contributed by atoms with van der Waals surface area (Å²) in [6.07, 6.45) is 1.75. The molecule has 0 radical (unpaired) electrons. The molecule has 0 aliphatic heterocycles. The summed E-state index contributed by atoms with van der Waals surface area (Å²) in [4.78, 5) is 15.5. The van der Waals surface area contributed by atoms with E-state index in [0.717, 1.165) is 0 Å². The van der Waals surface area contributed by atoms with E-state index in [1.807, 2.05) is 6.07 Å². The maximum Gasteiger partial charge on any atom is 0.262 e. The molecule has 0 saturated carbocycles. The molecule has 0 fully saturated rings. The van der Waals surface area contributed by atoms with Gasteiger partial charge in [0.1, 0.15) is 9.88 Å². The second-order valence-corrected chi connectivity index (χ2v) is 3.15. The molecule has 1 rings (SSSR count). The molecule has 62 valence electrons. The van der Waals surface area contributed by atoms with Crippen LogP contribution in [0, 0.1) is 11.3 Å². The second kappa shape index (κ2) is 3.83. The molecule has 0 aromatic carbocycles. The van der Waals surface area contributed by atoms with Gasteiger partial charge < -0.3 is 5.32 Å². The highest BCUT2D eigenvalue weighted by Crippen LogP contribution is 2.12. The third-order valence-corrected chi connectivity index (χ3v) is 2.23. The third-order valence-electron chi connectivity index (χ3n) is 1.23. The maximum absolute atomic E-state index is 11.0. The van der Waals surface area contributed by atoms with Crippen LogP contribution in [0.3, 0.4) is 0 Å². The van der Waals surface area contributed by atoms with Crippen LogP contribution in [0.2, 0.25) is 0 Å². The van der Waals surface area contributed by atoms with Crippen molar-refractivity contribution in [2.24, 2.45) is 0 Å². The number of amides is 1. The monoisotopic (exact) mass is 181 g/mol. The van der Waals surface area contributed by atoms with Crippen LogP contribution in [0.1, 0.15) is 14.7 Å². The van der Waals surface area contributed by atoms with E-state index in [-0.39, 0.29) is 12.3 Å². The lowest BCUT2D eigenvalue weighted by Gasteiger charge is -1.90. The van der Waals surface area contributed by atoms with Crippen LogP contribution < -0.4 is 5.32 Å². The zero-order valence-electron chi connectivity index (χ0n) is 6.50. The molecule has 1 aromatic rings. The average Bonchev–Trinajstić information content (AvgIpc) is 2.52. The Morgan fingerprint density at radius 1 is 1.92 bits per heavy atom. The molecular weight excluding hydrogens is 174 g/mol. The van der Waals surface area contributed by atoms with Gasteiger partial charge in [0, 0.05) is 7.05 Å². The number of carbonyl (C=O) groups excluding carboxylic acids is 1. The highest BCUT2D eigenvalue weighted by molar-refractivity contribution is 7.13.